The van der Waals surface area contributed by atoms with Crippen LogP contribution in [0.4, 0.5) is 18.9 Å². The lowest BCUT2D eigenvalue weighted by atomic mass is 9.98. The molecule has 0 radical (unpaired) electrons. The Morgan fingerprint density at radius 3 is 2.62 bits per heavy atom. The molecule has 1 amide bonds. The Bertz CT molecular complexity index is 1020. The van der Waals surface area contributed by atoms with Crippen LogP contribution in [0.2, 0.25) is 0 Å². The smallest absolute Gasteiger partial charge is 0.418 e. The second kappa shape index (κ2) is 10.2. The fraction of sp³-hybridized carbons (Fsp3) is 0.500. The van der Waals surface area contributed by atoms with Crippen LogP contribution < -0.4 is 15.0 Å². The van der Waals surface area contributed by atoms with Crippen LogP contribution in [0.5, 0.6) is 5.75 Å². The first-order valence-electron chi connectivity index (χ1n) is 11.3. The van der Waals surface area contributed by atoms with Crippen molar-refractivity contribution in [3.63, 3.8) is 0 Å². The lowest BCUT2D eigenvalue weighted by Crippen LogP contribution is -2.52. The molecule has 0 spiro atoms. The Morgan fingerprint density at radius 1 is 1.24 bits per heavy atom. The van der Waals surface area contributed by atoms with E-state index in [1.807, 2.05) is 25.1 Å². The number of rotatable bonds is 7. The van der Waals surface area contributed by atoms with E-state index in [0.717, 1.165) is 36.8 Å². The molecule has 2 aromatic rings. The molecule has 0 aliphatic carbocycles. The molecule has 7 nitrogen and oxygen atoms in total. The lowest BCUT2D eigenvalue weighted by Gasteiger charge is -2.38. The minimum atomic E-state index is -4.49. The summed E-state index contributed by atoms with van der Waals surface area (Å²) in [7, 11) is 1.64. The molecule has 1 aromatic carbocycles. The number of carbonyl (C=O) groups is 1. The number of benzene rings is 1. The maximum absolute atomic E-state index is 13.7. The van der Waals surface area contributed by atoms with Crippen LogP contribution in [0, 0.1) is 12.8 Å². The number of ether oxygens (including phenoxy) is 2. The van der Waals surface area contributed by atoms with Crippen molar-refractivity contribution in [3.8, 4) is 5.75 Å². The first-order valence-corrected chi connectivity index (χ1v) is 11.3. The molecule has 0 unspecified atom stereocenters. The van der Waals surface area contributed by atoms with Gasteiger partial charge < -0.3 is 19.7 Å². The second-order valence-electron chi connectivity index (χ2n) is 8.68. The number of carbonyl (C=O) groups excluding carboxylic acids is 1. The van der Waals surface area contributed by atoms with Crippen molar-refractivity contribution in [1.82, 2.24) is 15.2 Å². The summed E-state index contributed by atoms with van der Waals surface area (Å²) in [4.78, 5) is 19.7. The van der Waals surface area contributed by atoms with Gasteiger partial charge in [-0.2, -0.15) is 13.2 Å². The highest BCUT2D eigenvalue weighted by atomic mass is 19.4. The van der Waals surface area contributed by atoms with Crippen molar-refractivity contribution in [2.45, 2.75) is 26.3 Å². The van der Waals surface area contributed by atoms with E-state index in [9.17, 15) is 18.0 Å². The molecule has 34 heavy (non-hydrogen) atoms. The molecule has 1 N–H and O–H groups in total. The number of alkyl halides is 3. The molecule has 1 aromatic heterocycles. The molecular weight excluding hydrogens is 449 g/mol. The van der Waals surface area contributed by atoms with E-state index >= 15 is 0 Å². The van der Waals surface area contributed by atoms with E-state index in [1.165, 1.54) is 6.20 Å². The zero-order chi connectivity index (χ0) is 24.3. The number of hydrogen-bond acceptors (Lipinski definition) is 6. The number of halogens is 3. The van der Waals surface area contributed by atoms with Gasteiger partial charge in [0.05, 0.1) is 42.3 Å². The lowest BCUT2D eigenvalue weighted by molar-refractivity contribution is -0.137. The molecule has 184 valence electrons. The van der Waals surface area contributed by atoms with Crippen molar-refractivity contribution in [1.29, 1.82) is 0 Å². The highest BCUT2D eigenvalue weighted by Gasteiger charge is 2.36. The van der Waals surface area contributed by atoms with Crippen molar-refractivity contribution in [2.75, 3.05) is 51.3 Å². The second-order valence-corrected chi connectivity index (χ2v) is 8.68. The maximum atomic E-state index is 13.7. The normalized spacial score (nSPS) is 17.4. The number of amides is 1. The van der Waals surface area contributed by atoms with Gasteiger partial charge in [-0.3, -0.25) is 14.7 Å². The summed E-state index contributed by atoms with van der Waals surface area (Å²) in [5.74, 6) is 0.706. The van der Waals surface area contributed by atoms with Crippen LogP contribution in [0.3, 0.4) is 0 Å². The Hall–Kier alpha value is -2.85. The summed E-state index contributed by atoms with van der Waals surface area (Å²) < 4.78 is 52.2. The summed E-state index contributed by atoms with van der Waals surface area (Å²) in [5, 5.41) is 2.67. The van der Waals surface area contributed by atoms with E-state index in [-0.39, 0.29) is 29.8 Å². The topological polar surface area (TPSA) is 66.9 Å². The summed E-state index contributed by atoms with van der Waals surface area (Å²) in [5.41, 5.74) is 1.56. The zero-order valence-corrected chi connectivity index (χ0v) is 19.3. The maximum Gasteiger partial charge on any atom is 0.418 e. The van der Waals surface area contributed by atoms with Gasteiger partial charge >= 0.3 is 6.18 Å². The first kappa shape index (κ1) is 24.3. The zero-order valence-electron chi connectivity index (χ0n) is 19.3. The standard InChI is InChI=1S/C24H29F3N4O3/c1-16-9-17(12-30-13-18(14-30)23(32)28-2)3-4-22(16)34-15-19-10-20(24(25,26)27)21(11-29-19)31-5-7-33-8-6-31/h3-4,9-11,18H,5-8,12-15H2,1-2H3,(H,28,32). The van der Waals surface area contributed by atoms with Gasteiger partial charge in [0.15, 0.2) is 0 Å². The third-order valence-corrected chi connectivity index (χ3v) is 6.19. The number of pyridine rings is 1. The Kier molecular flexibility index (Phi) is 7.27. The van der Waals surface area contributed by atoms with Crippen molar-refractivity contribution in [3.05, 3.63) is 52.8 Å². The van der Waals surface area contributed by atoms with E-state index < -0.39 is 11.7 Å². The Labute approximate surface area is 196 Å². The number of hydrogen-bond donors (Lipinski definition) is 1. The number of aromatic nitrogens is 1. The Balaban J connectivity index is 1.38. The van der Waals surface area contributed by atoms with E-state index in [0.29, 0.717) is 32.1 Å². The number of anilines is 1. The largest absolute Gasteiger partial charge is 0.487 e. The third kappa shape index (κ3) is 5.61. The third-order valence-electron chi connectivity index (χ3n) is 6.19. The van der Waals surface area contributed by atoms with Crippen LogP contribution in [-0.4, -0.2) is 62.2 Å². The van der Waals surface area contributed by atoms with Gasteiger partial charge in [0.1, 0.15) is 12.4 Å². The number of morpholine rings is 1. The van der Waals surface area contributed by atoms with Gasteiger partial charge in [-0.1, -0.05) is 12.1 Å². The van der Waals surface area contributed by atoms with Gasteiger partial charge in [0, 0.05) is 39.8 Å². The molecule has 2 aliphatic rings. The van der Waals surface area contributed by atoms with Crippen molar-refractivity contribution < 1.29 is 27.4 Å². The molecule has 2 aliphatic heterocycles. The summed E-state index contributed by atoms with van der Waals surface area (Å²) in [6, 6.07) is 6.83. The van der Waals surface area contributed by atoms with Crippen molar-refractivity contribution >= 4 is 11.6 Å². The van der Waals surface area contributed by atoms with Crippen LogP contribution in [-0.2, 0) is 28.9 Å². The quantitative estimate of drug-likeness (QED) is 0.660. The van der Waals surface area contributed by atoms with Gasteiger partial charge in [0.25, 0.3) is 0 Å². The highest BCUT2D eigenvalue weighted by molar-refractivity contribution is 5.79. The summed E-state index contributed by atoms with van der Waals surface area (Å²) in [6.07, 6.45) is -3.21. The molecule has 2 saturated heterocycles. The molecule has 0 bridgehead atoms. The molecule has 10 heteroatoms. The minimum Gasteiger partial charge on any atom is -0.487 e. The first-order chi connectivity index (χ1) is 16.2. The van der Waals surface area contributed by atoms with Gasteiger partial charge in [-0.15, -0.1) is 0 Å². The molecule has 0 saturated carbocycles. The molecular formula is C24H29F3N4O3. The van der Waals surface area contributed by atoms with Gasteiger partial charge in [-0.25, -0.2) is 0 Å². The highest BCUT2D eigenvalue weighted by Crippen LogP contribution is 2.37. The van der Waals surface area contributed by atoms with Gasteiger partial charge in [-0.05, 0) is 30.2 Å². The van der Waals surface area contributed by atoms with Crippen LogP contribution in [0.1, 0.15) is 22.4 Å². The molecule has 2 fully saturated rings. The fourth-order valence-electron chi connectivity index (χ4n) is 4.30. The van der Waals surface area contributed by atoms with E-state index in [4.69, 9.17) is 9.47 Å². The van der Waals surface area contributed by atoms with E-state index in [2.05, 4.69) is 15.2 Å². The van der Waals surface area contributed by atoms with Crippen LogP contribution >= 0.6 is 0 Å². The van der Waals surface area contributed by atoms with Gasteiger partial charge in [0.2, 0.25) is 5.91 Å². The number of aryl methyl sites for hydroxylation is 1. The Morgan fingerprint density at radius 2 is 1.97 bits per heavy atom. The molecule has 0 atom stereocenters. The molecule has 3 heterocycles. The average Bonchev–Trinajstić information content (AvgIpc) is 2.80. The molecule has 4 rings (SSSR count). The van der Waals surface area contributed by atoms with E-state index in [1.54, 1.807) is 11.9 Å². The predicted octanol–water partition coefficient (Wildman–Crippen LogP) is 3.00. The average molecular weight is 479 g/mol. The fourth-order valence-corrected chi connectivity index (χ4v) is 4.30. The van der Waals surface area contributed by atoms with Crippen molar-refractivity contribution in [2.24, 2.45) is 5.92 Å². The summed E-state index contributed by atoms with van der Waals surface area (Å²) in [6.45, 7) is 5.61. The predicted molar refractivity (Wildman–Crippen MR) is 121 cm³/mol. The number of nitrogens with one attached hydrogen (secondary N) is 1. The monoisotopic (exact) mass is 478 g/mol. The minimum absolute atomic E-state index is 0.0393. The van der Waals surface area contributed by atoms with Crippen LogP contribution in [0.25, 0.3) is 0 Å². The number of likely N-dealkylation sites (tertiary alicyclic amines) is 1. The summed E-state index contributed by atoms with van der Waals surface area (Å²) >= 11 is 0. The van der Waals surface area contributed by atoms with Crippen LogP contribution in [0.15, 0.2) is 30.5 Å². The number of nitrogens with zero attached hydrogens (tertiary/aromatic N) is 3. The SMILES string of the molecule is CNC(=O)C1CN(Cc2ccc(OCc3cc(C(F)(F)F)c(N4CCOCC4)cn3)c(C)c2)C1.